The maximum atomic E-state index is 13.5. The van der Waals surface area contributed by atoms with Gasteiger partial charge in [-0.15, -0.1) is 0 Å². The molecule has 1 fully saturated rings. The Morgan fingerprint density at radius 2 is 2.32 bits per heavy atom. The molecule has 1 aliphatic heterocycles. The summed E-state index contributed by atoms with van der Waals surface area (Å²) in [5.41, 5.74) is 0. The van der Waals surface area contributed by atoms with E-state index >= 15 is 0 Å². The molecule has 0 radical (unpaired) electrons. The van der Waals surface area contributed by atoms with Gasteiger partial charge >= 0.3 is 5.97 Å². The minimum absolute atomic E-state index is 0.0278. The Morgan fingerprint density at radius 3 is 2.95 bits per heavy atom. The summed E-state index contributed by atoms with van der Waals surface area (Å²) in [4.78, 5) is 14.6. The fraction of sp³-hybridized carbons (Fsp3) is 0.400. The Labute approximate surface area is 113 Å². The number of aliphatic carboxylic acids is 1. The number of thioether (sulfide) groups is 1. The van der Waals surface area contributed by atoms with Crippen LogP contribution in [0.25, 0.3) is 0 Å². The van der Waals surface area contributed by atoms with Crippen LogP contribution in [0.1, 0.15) is 0 Å². The number of rotatable bonds is 3. The number of carboxylic acid groups (broad SMARTS) is 1. The summed E-state index contributed by atoms with van der Waals surface area (Å²) in [6, 6.07) is 1.06. The van der Waals surface area contributed by atoms with Gasteiger partial charge in [0.1, 0.15) is 6.04 Å². The molecule has 1 atom stereocenters. The molecule has 0 saturated carbocycles. The van der Waals surface area contributed by atoms with Crippen molar-refractivity contribution in [1.82, 2.24) is 9.29 Å². The van der Waals surface area contributed by atoms with E-state index in [-0.39, 0.29) is 12.3 Å². The SMILES string of the molecule is O=C(O)C1CSCCN1S(=O)(=O)c1ncccc1F. The second-order valence-electron chi connectivity index (χ2n) is 3.84. The van der Waals surface area contributed by atoms with Crippen LogP contribution < -0.4 is 0 Å². The predicted molar refractivity (Wildman–Crippen MR) is 66.8 cm³/mol. The van der Waals surface area contributed by atoms with Crippen molar-refractivity contribution in [1.29, 1.82) is 0 Å². The van der Waals surface area contributed by atoms with Gasteiger partial charge < -0.3 is 5.11 Å². The third-order valence-electron chi connectivity index (χ3n) is 2.64. The van der Waals surface area contributed by atoms with Gasteiger partial charge in [0.2, 0.25) is 5.03 Å². The molecule has 1 saturated heterocycles. The number of carbonyl (C=O) groups is 1. The van der Waals surface area contributed by atoms with E-state index in [0.717, 1.165) is 16.6 Å². The van der Waals surface area contributed by atoms with E-state index in [0.29, 0.717) is 5.75 Å². The Morgan fingerprint density at radius 1 is 1.58 bits per heavy atom. The standard InChI is InChI=1S/C10H11FN2O4S2/c11-7-2-1-3-12-9(7)19(16,17)13-4-5-18-6-8(13)10(14)15/h1-3,8H,4-6H2,(H,14,15). The fourth-order valence-electron chi connectivity index (χ4n) is 1.74. The number of carboxylic acids is 1. The lowest BCUT2D eigenvalue weighted by molar-refractivity contribution is -0.140. The molecule has 1 N–H and O–H groups in total. The van der Waals surface area contributed by atoms with Crippen molar-refractivity contribution >= 4 is 27.8 Å². The number of pyridine rings is 1. The second kappa shape index (κ2) is 5.43. The van der Waals surface area contributed by atoms with Crippen molar-refractivity contribution in [2.24, 2.45) is 0 Å². The highest BCUT2D eigenvalue weighted by Crippen LogP contribution is 2.24. The molecule has 0 aromatic carbocycles. The molecule has 1 aliphatic rings. The van der Waals surface area contributed by atoms with Crippen molar-refractivity contribution in [3.63, 3.8) is 0 Å². The summed E-state index contributed by atoms with van der Waals surface area (Å²) in [6.45, 7) is 0.0278. The molecule has 2 heterocycles. The molecular weight excluding hydrogens is 295 g/mol. The lowest BCUT2D eigenvalue weighted by atomic mass is 10.3. The molecular formula is C10H11FN2O4S2. The third-order valence-corrected chi connectivity index (χ3v) is 5.51. The number of hydrogen-bond acceptors (Lipinski definition) is 5. The van der Waals surface area contributed by atoms with Gasteiger partial charge in [-0.25, -0.2) is 17.8 Å². The first-order valence-electron chi connectivity index (χ1n) is 5.37. The number of sulfonamides is 1. The van der Waals surface area contributed by atoms with E-state index < -0.39 is 32.9 Å². The highest BCUT2D eigenvalue weighted by Gasteiger charge is 2.39. The molecule has 9 heteroatoms. The first-order valence-corrected chi connectivity index (χ1v) is 7.97. The summed E-state index contributed by atoms with van der Waals surface area (Å²) in [7, 11) is -4.23. The van der Waals surface area contributed by atoms with Gasteiger partial charge in [0.15, 0.2) is 5.82 Å². The van der Waals surface area contributed by atoms with E-state index in [4.69, 9.17) is 5.11 Å². The lowest BCUT2D eigenvalue weighted by Gasteiger charge is -2.31. The van der Waals surface area contributed by atoms with E-state index in [2.05, 4.69) is 4.98 Å². The van der Waals surface area contributed by atoms with Crippen molar-refractivity contribution in [2.75, 3.05) is 18.1 Å². The number of aromatic nitrogens is 1. The zero-order chi connectivity index (χ0) is 14.0. The molecule has 0 amide bonds. The van der Waals surface area contributed by atoms with Crippen LogP contribution in [0.4, 0.5) is 4.39 Å². The molecule has 104 valence electrons. The predicted octanol–water partition coefficient (Wildman–Crippen LogP) is 0.411. The maximum Gasteiger partial charge on any atom is 0.322 e. The molecule has 1 aromatic heterocycles. The zero-order valence-electron chi connectivity index (χ0n) is 9.69. The van der Waals surface area contributed by atoms with Gasteiger partial charge in [-0.3, -0.25) is 4.79 Å². The Bertz CT molecular complexity index is 593. The van der Waals surface area contributed by atoms with Gasteiger partial charge in [-0.1, -0.05) is 0 Å². The lowest BCUT2D eigenvalue weighted by Crippen LogP contribution is -2.50. The molecule has 0 bridgehead atoms. The van der Waals surface area contributed by atoms with Crippen molar-refractivity contribution in [3.05, 3.63) is 24.1 Å². The van der Waals surface area contributed by atoms with Crippen LogP contribution in [-0.4, -0.2) is 52.9 Å². The van der Waals surface area contributed by atoms with Crippen molar-refractivity contribution < 1.29 is 22.7 Å². The van der Waals surface area contributed by atoms with E-state index in [1.165, 1.54) is 17.8 Å². The normalized spacial score (nSPS) is 21.2. The smallest absolute Gasteiger partial charge is 0.322 e. The summed E-state index contributed by atoms with van der Waals surface area (Å²) in [5.74, 6) is -1.61. The Kier molecular flexibility index (Phi) is 4.07. The van der Waals surface area contributed by atoms with E-state index in [1.807, 2.05) is 0 Å². The Hall–Kier alpha value is -1.19. The average molecular weight is 306 g/mol. The molecule has 1 unspecified atom stereocenters. The summed E-state index contributed by atoms with van der Waals surface area (Å²) < 4.78 is 38.9. The first kappa shape index (κ1) is 14.2. The highest BCUT2D eigenvalue weighted by molar-refractivity contribution is 7.99. The summed E-state index contributed by atoms with van der Waals surface area (Å²) >= 11 is 1.35. The quantitative estimate of drug-likeness (QED) is 0.870. The van der Waals surface area contributed by atoms with Crippen LogP contribution in [-0.2, 0) is 14.8 Å². The summed E-state index contributed by atoms with van der Waals surface area (Å²) in [6.07, 6.45) is 1.16. The molecule has 1 aromatic rings. The highest BCUT2D eigenvalue weighted by atomic mass is 32.2. The van der Waals surface area contributed by atoms with Crippen LogP contribution in [0.15, 0.2) is 23.4 Å². The van der Waals surface area contributed by atoms with E-state index in [1.54, 1.807) is 0 Å². The number of halogens is 1. The fourth-order valence-corrected chi connectivity index (χ4v) is 4.55. The first-order chi connectivity index (χ1) is 8.94. The molecule has 19 heavy (non-hydrogen) atoms. The van der Waals surface area contributed by atoms with Crippen LogP contribution >= 0.6 is 11.8 Å². The van der Waals surface area contributed by atoms with Gasteiger partial charge in [0, 0.05) is 24.2 Å². The third kappa shape index (κ3) is 2.72. The monoisotopic (exact) mass is 306 g/mol. The zero-order valence-corrected chi connectivity index (χ0v) is 11.3. The number of nitrogens with zero attached hydrogens (tertiary/aromatic N) is 2. The largest absolute Gasteiger partial charge is 0.480 e. The van der Waals surface area contributed by atoms with Gasteiger partial charge in [0.05, 0.1) is 0 Å². The van der Waals surface area contributed by atoms with Crippen LogP contribution in [0, 0.1) is 5.82 Å². The van der Waals surface area contributed by atoms with Crippen LogP contribution in [0.3, 0.4) is 0 Å². The minimum atomic E-state index is -4.23. The topological polar surface area (TPSA) is 87.6 Å². The van der Waals surface area contributed by atoms with Crippen LogP contribution in [0.5, 0.6) is 0 Å². The summed E-state index contributed by atoms with van der Waals surface area (Å²) in [5, 5.41) is 8.33. The second-order valence-corrected chi connectivity index (χ2v) is 6.79. The minimum Gasteiger partial charge on any atom is -0.480 e. The van der Waals surface area contributed by atoms with Gasteiger partial charge in [-0.05, 0) is 12.1 Å². The maximum absolute atomic E-state index is 13.5. The molecule has 0 spiro atoms. The molecule has 6 nitrogen and oxygen atoms in total. The molecule has 0 aliphatic carbocycles. The van der Waals surface area contributed by atoms with E-state index in [9.17, 15) is 17.6 Å². The van der Waals surface area contributed by atoms with Gasteiger partial charge in [-0.2, -0.15) is 16.1 Å². The molecule has 2 rings (SSSR count). The Balaban J connectivity index is 2.43. The van der Waals surface area contributed by atoms with Crippen molar-refractivity contribution in [2.45, 2.75) is 11.1 Å². The van der Waals surface area contributed by atoms with Crippen molar-refractivity contribution in [3.8, 4) is 0 Å². The number of hydrogen-bond donors (Lipinski definition) is 1. The average Bonchev–Trinajstić information content (AvgIpc) is 2.39. The van der Waals surface area contributed by atoms with Gasteiger partial charge in [0.25, 0.3) is 10.0 Å². The van der Waals surface area contributed by atoms with Crippen LogP contribution in [0.2, 0.25) is 0 Å².